The van der Waals surface area contributed by atoms with E-state index in [1.807, 2.05) is 12.1 Å². The molecule has 126 valence electrons. The van der Waals surface area contributed by atoms with Crippen molar-refractivity contribution in [1.29, 1.82) is 5.26 Å². The largest absolute Gasteiger partial charge is 0.301 e. The van der Waals surface area contributed by atoms with Gasteiger partial charge in [0.05, 0.1) is 16.8 Å². The van der Waals surface area contributed by atoms with Gasteiger partial charge in [0.2, 0.25) is 5.91 Å². The van der Waals surface area contributed by atoms with Crippen molar-refractivity contribution in [3.63, 3.8) is 0 Å². The van der Waals surface area contributed by atoms with Gasteiger partial charge >= 0.3 is 0 Å². The van der Waals surface area contributed by atoms with Crippen LogP contribution in [0.1, 0.15) is 30.9 Å². The van der Waals surface area contributed by atoms with E-state index in [0.717, 1.165) is 10.9 Å². The number of rotatable bonds is 5. The molecule has 0 saturated carbocycles. The van der Waals surface area contributed by atoms with Crippen molar-refractivity contribution in [2.75, 3.05) is 11.1 Å². The average molecular weight is 368 g/mol. The van der Waals surface area contributed by atoms with Crippen LogP contribution in [0.3, 0.4) is 0 Å². The van der Waals surface area contributed by atoms with E-state index in [4.69, 9.17) is 0 Å². The van der Waals surface area contributed by atoms with Crippen LogP contribution >= 0.6 is 23.1 Å². The molecule has 0 fully saturated rings. The number of amides is 1. The Bertz CT molecular complexity index is 946. The minimum Gasteiger partial charge on any atom is -0.301 e. The predicted molar refractivity (Wildman–Crippen MR) is 102 cm³/mol. The third-order valence-electron chi connectivity index (χ3n) is 3.61. The summed E-state index contributed by atoms with van der Waals surface area (Å²) in [5.74, 6) is 0.427. The van der Waals surface area contributed by atoms with E-state index < -0.39 is 0 Å². The van der Waals surface area contributed by atoms with Crippen LogP contribution in [0.25, 0.3) is 10.9 Å². The van der Waals surface area contributed by atoms with Gasteiger partial charge in [-0.25, -0.2) is 9.97 Å². The van der Waals surface area contributed by atoms with Crippen molar-refractivity contribution in [3.8, 4) is 6.07 Å². The lowest BCUT2D eigenvalue weighted by molar-refractivity contribution is -0.113. The molecule has 3 rings (SSSR count). The standard InChI is InChI=1S/C18H16N4OS2/c1-11(2)12-3-4-15-13(7-12)8-14(9-19)17(21-15)25-10-16(23)22-18-20-5-6-24-18/h3-8,11H,10H2,1-2H3,(H,20,22,23). The third kappa shape index (κ3) is 4.16. The van der Waals surface area contributed by atoms with Crippen LogP contribution in [0.4, 0.5) is 5.13 Å². The van der Waals surface area contributed by atoms with Crippen LogP contribution in [0, 0.1) is 11.3 Å². The summed E-state index contributed by atoms with van der Waals surface area (Å²) in [7, 11) is 0. The van der Waals surface area contributed by atoms with Gasteiger partial charge in [-0.2, -0.15) is 5.26 Å². The molecule has 0 atom stereocenters. The normalized spacial score (nSPS) is 10.8. The van der Waals surface area contributed by atoms with Crippen LogP contribution < -0.4 is 5.32 Å². The molecule has 0 aliphatic rings. The van der Waals surface area contributed by atoms with Gasteiger partial charge in [-0.15, -0.1) is 11.3 Å². The Morgan fingerprint density at radius 2 is 2.24 bits per heavy atom. The molecule has 0 aliphatic heterocycles. The molecule has 0 bridgehead atoms. The summed E-state index contributed by atoms with van der Waals surface area (Å²) < 4.78 is 0. The summed E-state index contributed by atoms with van der Waals surface area (Å²) in [5.41, 5.74) is 2.52. The second-order valence-corrected chi connectivity index (χ2v) is 7.59. The molecule has 0 spiro atoms. The lowest BCUT2D eigenvalue weighted by atomic mass is 10.0. The van der Waals surface area contributed by atoms with Gasteiger partial charge in [0.1, 0.15) is 11.1 Å². The summed E-state index contributed by atoms with van der Waals surface area (Å²) in [5, 5.41) is 16.0. The Hall–Kier alpha value is -2.43. The van der Waals surface area contributed by atoms with Gasteiger partial charge in [0.15, 0.2) is 5.13 Å². The van der Waals surface area contributed by atoms with Gasteiger partial charge in [-0.3, -0.25) is 4.79 Å². The quantitative estimate of drug-likeness (QED) is 0.675. The minimum atomic E-state index is -0.166. The fourth-order valence-electron chi connectivity index (χ4n) is 2.30. The van der Waals surface area contributed by atoms with Crippen LogP contribution in [0.5, 0.6) is 0 Å². The number of carbonyl (C=O) groups is 1. The number of fused-ring (bicyclic) bond motifs is 1. The lowest BCUT2D eigenvalue weighted by Crippen LogP contribution is -2.14. The first-order valence-electron chi connectivity index (χ1n) is 7.74. The molecule has 1 amide bonds. The number of anilines is 1. The van der Waals surface area contributed by atoms with E-state index in [1.165, 1.54) is 28.7 Å². The predicted octanol–water partition coefficient (Wildman–Crippen LogP) is 4.42. The zero-order valence-electron chi connectivity index (χ0n) is 13.8. The molecule has 1 aromatic carbocycles. The highest BCUT2D eigenvalue weighted by Gasteiger charge is 2.12. The van der Waals surface area contributed by atoms with Crippen molar-refractivity contribution >= 4 is 45.0 Å². The first-order chi connectivity index (χ1) is 12.1. The number of aromatic nitrogens is 2. The number of thioether (sulfide) groups is 1. The van der Waals surface area contributed by atoms with Crippen molar-refractivity contribution in [2.24, 2.45) is 0 Å². The van der Waals surface area contributed by atoms with E-state index in [0.29, 0.717) is 21.6 Å². The molecular formula is C18H16N4OS2. The molecule has 0 aliphatic carbocycles. The maximum atomic E-state index is 12.0. The molecule has 2 aromatic heterocycles. The molecule has 2 heterocycles. The number of benzene rings is 1. The number of thiazole rings is 1. The fourth-order valence-corrected chi connectivity index (χ4v) is 3.61. The zero-order valence-corrected chi connectivity index (χ0v) is 15.4. The molecule has 0 unspecified atom stereocenters. The summed E-state index contributed by atoms with van der Waals surface area (Å²) in [4.78, 5) is 20.6. The second kappa shape index (κ2) is 7.64. The third-order valence-corrected chi connectivity index (χ3v) is 5.29. The topological polar surface area (TPSA) is 78.7 Å². The number of hydrogen-bond acceptors (Lipinski definition) is 6. The van der Waals surface area contributed by atoms with Crippen LogP contribution in [0.2, 0.25) is 0 Å². The van der Waals surface area contributed by atoms with Gasteiger partial charge in [-0.1, -0.05) is 31.7 Å². The minimum absolute atomic E-state index is 0.166. The van der Waals surface area contributed by atoms with Gasteiger partial charge < -0.3 is 5.32 Å². The molecule has 5 nitrogen and oxygen atoms in total. The first-order valence-corrected chi connectivity index (χ1v) is 9.60. The molecular weight excluding hydrogens is 352 g/mol. The summed E-state index contributed by atoms with van der Waals surface area (Å²) >= 11 is 2.62. The molecule has 0 saturated heterocycles. The molecule has 1 N–H and O–H groups in total. The highest BCUT2D eigenvalue weighted by atomic mass is 32.2. The number of nitrogens with one attached hydrogen (secondary N) is 1. The van der Waals surface area contributed by atoms with E-state index in [-0.39, 0.29) is 11.7 Å². The van der Waals surface area contributed by atoms with Crippen molar-refractivity contribution in [1.82, 2.24) is 9.97 Å². The van der Waals surface area contributed by atoms with E-state index >= 15 is 0 Å². The number of nitriles is 1. The highest BCUT2D eigenvalue weighted by molar-refractivity contribution is 8.00. The molecule has 3 aromatic rings. The zero-order chi connectivity index (χ0) is 17.8. The first kappa shape index (κ1) is 17.4. The Labute approximate surface area is 154 Å². The Morgan fingerprint density at radius 3 is 2.92 bits per heavy atom. The van der Waals surface area contributed by atoms with Crippen LogP contribution in [-0.2, 0) is 4.79 Å². The Morgan fingerprint density at radius 1 is 1.40 bits per heavy atom. The lowest BCUT2D eigenvalue weighted by Gasteiger charge is -2.09. The molecule has 25 heavy (non-hydrogen) atoms. The summed E-state index contributed by atoms with van der Waals surface area (Å²) in [6, 6.07) is 10.1. The fraction of sp³-hybridized carbons (Fsp3) is 0.222. The maximum Gasteiger partial charge on any atom is 0.236 e. The maximum absolute atomic E-state index is 12.0. The van der Waals surface area contributed by atoms with Crippen molar-refractivity contribution < 1.29 is 4.79 Å². The van der Waals surface area contributed by atoms with Crippen LogP contribution in [-0.4, -0.2) is 21.6 Å². The van der Waals surface area contributed by atoms with Gasteiger partial charge in [0.25, 0.3) is 0 Å². The number of hydrogen-bond donors (Lipinski definition) is 1. The Balaban J connectivity index is 1.79. The SMILES string of the molecule is CC(C)c1ccc2nc(SCC(=O)Nc3nccs3)c(C#N)cc2c1. The smallest absolute Gasteiger partial charge is 0.236 e. The monoisotopic (exact) mass is 368 g/mol. The molecule has 7 heteroatoms. The number of nitrogens with zero attached hydrogens (tertiary/aromatic N) is 3. The molecule has 0 radical (unpaired) electrons. The van der Waals surface area contributed by atoms with E-state index in [9.17, 15) is 10.1 Å². The van der Waals surface area contributed by atoms with Crippen molar-refractivity contribution in [3.05, 3.63) is 47.0 Å². The van der Waals surface area contributed by atoms with Crippen LogP contribution in [0.15, 0.2) is 40.9 Å². The van der Waals surface area contributed by atoms with Gasteiger partial charge in [-0.05, 0) is 29.7 Å². The summed E-state index contributed by atoms with van der Waals surface area (Å²) in [6.45, 7) is 4.26. The average Bonchev–Trinajstić information content (AvgIpc) is 3.11. The Kier molecular flexibility index (Phi) is 5.31. The van der Waals surface area contributed by atoms with Crippen molar-refractivity contribution in [2.45, 2.75) is 24.8 Å². The van der Waals surface area contributed by atoms with E-state index in [1.54, 1.807) is 11.6 Å². The highest BCUT2D eigenvalue weighted by Crippen LogP contribution is 2.27. The number of pyridine rings is 1. The van der Waals surface area contributed by atoms with Gasteiger partial charge in [0, 0.05) is 17.0 Å². The second-order valence-electron chi connectivity index (χ2n) is 5.73. The number of carbonyl (C=O) groups excluding carboxylic acids is 1. The summed E-state index contributed by atoms with van der Waals surface area (Å²) in [6.07, 6.45) is 1.64. The van der Waals surface area contributed by atoms with E-state index in [2.05, 4.69) is 47.3 Å².